The molecule has 0 N–H and O–H groups in total. The van der Waals surface area contributed by atoms with Gasteiger partial charge in [0.05, 0.1) is 0 Å². The molecule has 1 aromatic carbocycles. The van der Waals surface area contributed by atoms with Gasteiger partial charge in [-0.2, -0.15) is 0 Å². The fourth-order valence-corrected chi connectivity index (χ4v) is 1.68. The molecule has 0 bridgehead atoms. The predicted octanol–water partition coefficient (Wildman–Crippen LogP) is 4.03. The van der Waals surface area contributed by atoms with Gasteiger partial charge in [0.25, 0.3) is 0 Å². The van der Waals surface area contributed by atoms with Crippen molar-refractivity contribution in [3.63, 3.8) is 0 Å². The molecule has 14 heavy (non-hydrogen) atoms. The standard InChI is InChI=1S/C12H16Cl2/c13-9-1-3-11-5-7-12(8-6-11)4-2-10-14/h5-8H,1-4,9-10H2. The lowest BCUT2D eigenvalue weighted by Crippen LogP contribution is -1.89. The van der Waals surface area contributed by atoms with Crippen LogP contribution in [0.4, 0.5) is 0 Å². The lowest BCUT2D eigenvalue weighted by molar-refractivity contribution is 0.910. The maximum atomic E-state index is 5.64. The van der Waals surface area contributed by atoms with Crippen LogP contribution in [0, 0.1) is 0 Å². The molecule has 0 heterocycles. The van der Waals surface area contributed by atoms with Gasteiger partial charge in [0, 0.05) is 11.8 Å². The zero-order valence-electron chi connectivity index (χ0n) is 8.31. The Morgan fingerprint density at radius 2 is 1.07 bits per heavy atom. The SMILES string of the molecule is ClCCCc1ccc(CCCCl)cc1. The molecule has 78 valence electrons. The Morgan fingerprint density at radius 1 is 0.714 bits per heavy atom. The molecule has 0 nitrogen and oxygen atoms in total. The molecule has 0 atom stereocenters. The monoisotopic (exact) mass is 230 g/mol. The van der Waals surface area contributed by atoms with E-state index in [0.29, 0.717) is 0 Å². The van der Waals surface area contributed by atoms with Crippen molar-refractivity contribution >= 4 is 23.2 Å². The van der Waals surface area contributed by atoms with Gasteiger partial charge in [-0.05, 0) is 36.8 Å². The fraction of sp³-hybridized carbons (Fsp3) is 0.500. The molecule has 2 heteroatoms. The van der Waals surface area contributed by atoms with E-state index >= 15 is 0 Å². The van der Waals surface area contributed by atoms with Crippen LogP contribution in [-0.2, 0) is 12.8 Å². The molecular formula is C12H16Cl2. The Morgan fingerprint density at radius 3 is 1.36 bits per heavy atom. The van der Waals surface area contributed by atoms with Crippen LogP contribution in [0.2, 0.25) is 0 Å². The third-order valence-electron chi connectivity index (χ3n) is 2.22. The van der Waals surface area contributed by atoms with Gasteiger partial charge in [-0.1, -0.05) is 24.3 Å². The molecule has 0 unspecified atom stereocenters. The first-order chi connectivity index (χ1) is 6.86. The van der Waals surface area contributed by atoms with Crippen LogP contribution in [0.25, 0.3) is 0 Å². The molecular weight excluding hydrogens is 215 g/mol. The molecule has 1 aromatic rings. The smallest absolute Gasteiger partial charge is 0.0226 e. The van der Waals surface area contributed by atoms with Crippen LogP contribution >= 0.6 is 23.2 Å². The summed E-state index contributed by atoms with van der Waals surface area (Å²) in [6.45, 7) is 0. The van der Waals surface area contributed by atoms with Crippen molar-refractivity contribution in [2.24, 2.45) is 0 Å². The van der Waals surface area contributed by atoms with E-state index in [1.54, 1.807) is 0 Å². The number of halogens is 2. The predicted molar refractivity (Wildman–Crippen MR) is 64.5 cm³/mol. The number of rotatable bonds is 6. The Kier molecular flexibility index (Phi) is 6.05. The summed E-state index contributed by atoms with van der Waals surface area (Å²) in [7, 11) is 0. The number of hydrogen-bond acceptors (Lipinski definition) is 0. The maximum Gasteiger partial charge on any atom is 0.0226 e. The Labute approximate surface area is 96.2 Å². The largest absolute Gasteiger partial charge is 0.127 e. The molecule has 1 rings (SSSR count). The third-order valence-corrected chi connectivity index (χ3v) is 2.76. The van der Waals surface area contributed by atoms with Gasteiger partial charge in [0.2, 0.25) is 0 Å². The normalized spacial score (nSPS) is 10.4. The summed E-state index contributed by atoms with van der Waals surface area (Å²) in [5.41, 5.74) is 2.75. The summed E-state index contributed by atoms with van der Waals surface area (Å²) < 4.78 is 0. The van der Waals surface area contributed by atoms with E-state index in [-0.39, 0.29) is 0 Å². The van der Waals surface area contributed by atoms with E-state index < -0.39 is 0 Å². The van der Waals surface area contributed by atoms with Crippen molar-refractivity contribution in [2.45, 2.75) is 25.7 Å². The molecule has 0 aromatic heterocycles. The van der Waals surface area contributed by atoms with Gasteiger partial charge in [-0.3, -0.25) is 0 Å². The molecule has 0 saturated carbocycles. The average Bonchev–Trinajstić information content (AvgIpc) is 2.25. The van der Waals surface area contributed by atoms with Crippen LogP contribution in [0.5, 0.6) is 0 Å². The molecule has 0 aliphatic rings. The Hall–Kier alpha value is -0.200. The highest BCUT2D eigenvalue weighted by atomic mass is 35.5. The topological polar surface area (TPSA) is 0 Å². The highest BCUT2D eigenvalue weighted by molar-refractivity contribution is 6.18. The van der Waals surface area contributed by atoms with Crippen LogP contribution in [0.1, 0.15) is 24.0 Å². The van der Waals surface area contributed by atoms with Gasteiger partial charge in [-0.15, -0.1) is 23.2 Å². The molecule has 0 aliphatic carbocycles. The van der Waals surface area contributed by atoms with Gasteiger partial charge in [0.15, 0.2) is 0 Å². The quantitative estimate of drug-likeness (QED) is 0.648. The highest BCUT2D eigenvalue weighted by Crippen LogP contribution is 2.09. The summed E-state index contributed by atoms with van der Waals surface area (Å²) in [5.74, 6) is 1.49. The molecule has 0 radical (unpaired) electrons. The summed E-state index contributed by atoms with van der Waals surface area (Å²) in [6.07, 6.45) is 4.28. The van der Waals surface area contributed by atoms with Crippen molar-refractivity contribution in [3.8, 4) is 0 Å². The summed E-state index contributed by atoms with van der Waals surface area (Å²) in [4.78, 5) is 0. The van der Waals surface area contributed by atoms with Gasteiger partial charge in [0.1, 0.15) is 0 Å². The third kappa shape index (κ3) is 4.34. The molecule has 0 fully saturated rings. The second-order valence-electron chi connectivity index (χ2n) is 3.40. The maximum absolute atomic E-state index is 5.64. The van der Waals surface area contributed by atoms with Crippen molar-refractivity contribution < 1.29 is 0 Å². The first-order valence-corrected chi connectivity index (χ1v) is 6.13. The van der Waals surface area contributed by atoms with Crippen molar-refractivity contribution in [1.82, 2.24) is 0 Å². The van der Waals surface area contributed by atoms with E-state index in [9.17, 15) is 0 Å². The average molecular weight is 231 g/mol. The van der Waals surface area contributed by atoms with E-state index in [1.165, 1.54) is 11.1 Å². The number of alkyl halides is 2. The number of hydrogen-bond donors (Lipinski definition) is 0. The first kappa shape index (κ1) is 11.9. The van der Waals surface area contributed by atoms with E-state index in [0.717, 1.165) is 37.4 Å². The second-order valence-corrected chi connectivity index (χ2v) is 4.16. The van der Waals surface area contributed by atoms with Gasteiger partial charge < -0.3 is 0 Å². The first-order valence-electron chi connectivity index (χ1n) is 5.06. The summed E-state index contributed by atoms with van der Waals surface area (Å²) >= 11 is 11.3. The summed E-state index contributed by atoms with van der Waals surface area (Å²) in [6, 6.07) is 8.76. The molecule has 0 amide bonds. The number of benzene rings is 1. The molecule has 0 spiro atoms. The number of aryl methyl sites for hydroxylation is 2. The van der Waals surface area contributed by atoms with E-state index in [4.69, 9.17) is 23.2 Å². The fourth-order valence-electron chi connectivity index (χ4n) is 1.41. The zero-order valence-corrected chi connectivity index (χ0v) is 9.82. The lowest BCUT2D eigenvalue weighted by Gasteiger charge is -2.02. The minimum atomic E-state index is 0.744. The van der Waals surface area contributed by atoms with Crippen LogP contribution in [0.15, 0.2) is 24.3 Å². The minimum absolute atomic E-state index is 0.744. The van der Waals surface area contributed by atoms with E-state index in [1.807, 2.05) is 0 Å². The van der Waals surface area contributed by atoms with Crippen LogP contribution in [-0.4, -0.2) is 11.8 Å². The van der Waals surface area contributed by atoms with E-state index in [2.05, 4.69) is 24.3 Å². The summed E-state index contributed by atoms with van der Waals surface area (Å²) in [5, 5.41) is 0. The molecule has 0 aliphatic heterocycles. The van der Waals surface area contributed by atoms with Gasteiger partial charge in [-0.25, -0.2) is 0 Å². The van der Waals surface area contributed by atoms with Crippen molar-refractivity contribution in [1.29, 1.82) is 0 Å². The lowest BCUT2D eigenvalue weighted by atomic mass is 10.1. The van der Waals surface area contributed by atoms with Crippen LogP contribution in [0.3, 0.4) is 0 Å². The highest BCUT2D eigenvalue weighted by Gasteiger charge is 1.94. The minimum Gasteiger partial charge on any atom is -0.127 e. The Balaban J connectivity index is 2.42. The molecule has 0 saturated heterocycles. The van der Waals surface area contributed by atoms with Crippen molar-refractivity contribution in [3.05, 3.63) is 35.4 Å². The second kappa shape index (κ2) is 7.14. The van der Waals surface area contributed by atoms with Gasteiger partial charge >= 0.3 is 0 Å². The van der Waals surface area contributed by atoms with Crippen LogP contribution < -0.4 is 0 Å². The Bertz CT molecular complexity index is 214. The van der Waals surface area contributed by atoms with Crippen molar-refractivity contribution in [2.75, 3.05) is 11.8 Å². The zero-order chi connectivity index (χ0) is 10.2.